The molecule has 9 heteroatoms. The van der Waals surface area contributed by atoms with E-state index in [0.717, 1.165) is 4.96 Å². The number of para-hydroxylation sites is 1. The van der Waals surface area contributed by atoms with Gasteiger partial charge >= 0.3 is 0 Å². The van der Waals surface area contributed by atoms with E-state index >= 15 is 0 Å². The van der Waals surface area contributed by atoms with Gasteiger partial charge in [0, 0.05) is 11.6 Å². The lowest BCUT2D eigenvalue weighted by atomic mass is 10.3. The Labute approximate surface area is 145 Å². The lowest BCUT2D eigenvalue weighted by Gasteiger charge is -2.06. The molecule has 0 aliphatic carbocycles. The molecule has 1 amide bonds. The smallest absolute Gasteiger partial charge is 0.277 e. The highest BCUT2D eigenvalue weighted by molar-refractivity contribution is 7.15. The third-order valence-corrected chi connectivity index (χ3v) is 4.17. The predicted molar refractivity (Wildman–Crippen MR) is 90.8 cm³/mol. The van der Waals surface area contributed by atoms with E-state index in [2.05, 4.69) is 15.5 Å². The Bertz CT molecular complexity index is 875. The highest BCUT2D eigenvalue weighted by Gasteiger charge is 2.09. The summed E-state index contributed by atoms with van der Waals surface area (Å²) in [5.41, 5.74) is 2.95. The summed E-state index contributed by atoms with van der Waals surface area (Å²) in [5, 5.41) is 6.50. The van der Waals surface area contributed by atoms with Crippen LogP contribution in [0.25, 0.3) is 4.96 Å². The zero-order valence-electron chi connectivity index (χ0n) is 11.6. The monoisotopic (exact) mass is 368 g/mol. The average molecular weight is 369 g/mol. The number of carbonyl (C=O) groups is 1. The van der Waals surface area contributed by atoms with Crippen LogP contribution in [0.4, 0.5) is 0 Å². The number of carbonyl (C=O) groups excluding carboxylic acids is 1. The molecule has 3 aromatic rings. The first kappa shape index (κ1) is 15.8. The number of nitrogens with one attached hydrogen (secondary N) is 1. The van der Waals surface area contributed by atoms with E-state index < -0.39 is 5.91 Å². The number of ether oxygens (including phenoxy) is 1. The number of hydrogen-bond donors (Lipinski definition) is 1. The molecule has 0 bridgehead atoms. The number of hydrazone groups is 1. The average Bonchev–Trinajstić information content (AvgIpc) is 3.09. The number of rotatable bonds is 5. The first-order valence-corrected chi connectivity index (χ1v) is 8.09. The fourth-order valence-electron chi connectivity index (χ4n) is 1.80. The first-order chi connectivity index (χ1) is 11.1. The lowest BCUT2D eigenvalue weighted by Crippen LogP contribution is -2.24. The number of aromatic nitrogens is 2. The summed E-state index contributed by atoms with van der Waals surface area (Å²) >= 11 is 13.4. The molecule has 3 rings (SSSR count). The second-order valence-corrected chi connectivity index (χ2v) is 5.99. The molecule has 0 fully saturated rings. The zero-order valence-corrected chi connectivity index (χ0v) is 13.9. The van der Waals surface area contributed by atoms with Crippen molar-refractivity contribution in [2.24, 2.45) is 5.10 Å². The molecule has 0 aliphatic rings. The van der Waals surface area contributed by atoms with Crippen molar-refractivity contribution in [1.82, 2.24) is 14.8 Å². The van der Waals surface area contributed by atoms with E-state index in [1.807, 2.05) is 11.6 Å². The van der Waals surface area contributed by atoms with Crippen LogP contribution in [-0.2, 0) is 4.79 Å². The van der Waals surface area contributed by atoms with Gasteiger partial charge in [-0.1, -0.05) is 35.3 Å². The Morgan fingerprint density at radius 1 is 1.43 bits per heavy atom. The number of nitrogens with zero attached hydrogens (tertiary/aromatic N) is 3. The Morgan fingerprint density at radius 3 is 3.09 bits per heavy atom. The van der Waals surface area contributed by atoms with E-state index in [1.165, 1.54) is 17.6 Å². The van der Waals surface area contributed by atoms with Crippen molar-refractivity contribution in [3.05, 3.63) is 51.7 Å². The summed E-state index contributed by atoms with van der Waals surface area (Å²) in [5.74, 6) is 0.0236. The summed E-state index contributed by atoms with van der Waals surface area (Å²) in [7, 11) is 0. The molecule has 1 aromatic carbocycles. The van der Waals surface area contributed by atoms with Gasteiger partial charge in [0.25, 0.3) is 5.91 Å². The van der Waals surface area contributed by atoms with Crippen LogP contribution in [0.3, 0.4) is 0 Å². The molecule has 0 aliphatic heterocycles. The third kappa shape index (κ3) is 3.64. The minimum atomic E-state index is -0.414. The largest absolute Gasteiger partial charge is 0.482 e. The van der Waals surface area contributed by atoms with Crippen LogP contribution in [0.1, 0.15) is 5.69 Å². The molecule has 0 atom stereocenters. The first-order valence-electron chi connectivity index (χ1n) is 6.45. The van der Waals surface area contributed by atoms with Gasteiger partial charge in [-0.3, -0.25) is 9.20 Å². The number of amides is 1. The number of halogens is 2. The third-order valence-electron chi connectivity index (χ3n) is 2.83. The van der Waals surface area contributed by atoms with Crippen LogP contribution in [-0.4, -0.2) is 28.1 Å². The molecule has 0 saturated carbocycles. The predicted octanol–water partition coefficient (Wildman–Crippen LogP) is 3.23. The topological polar surface area (TPSA) is 68.0 Å². The van der Waals surface area contributed by atoms with E-state index in [9.17, 15) is 4.79 Å². The normalized spacial score (nSPS) is 11.2. The molecule has 6 nitrogen and oxygen atoms in total. The minimum absolute atomic E-state index is 0.199. The van der Waals surface area contributed by atoms with Gasteiger partial charge in [0.05, 0.1) is 11.2 Å². The van der Waals surface area contributed by atoms with Crippen molar-refractivity contribution in [3.8, 4) is 5.75 Å². The van der Waals surface area contributed by atoms with Crippen LogP contribution in [0, 0.1) is 0 Å². The quantitative estimate of drug-likeness (QED) is 0.555. The molecule has 2 heterocycles. The number of imidazole rings is 1. The lowest BCUT2D eigenvalue weighted by molar-refractivity contribution is -0.123. The van der Waals surface area contributed by atoms with Crippen molar-refractivity contribution in [3.63, 3.8) is 0 Å². The second-order valence-electron chi connectivity index (χ2n) is 4.36. The highest BCUT2D eigenvalue weighted by Crippen LogP contribution is 2.22. The van der Waals surface area contributed by atoms with Gasteiger partial charge < -0.3 is 4.74 Å². The van der Waals surface area contributed by atoms with Gasteiger partial charge in [-0.25, -0.2) is 10.4 Å². The van der Waals surface area contributed by atoms with Gasteiger partial charge in [-0.2, -0.15) is 5.10 Å². The van der Waals surface area contributed by atoms with Crippen LogP contribution < -0.4 is 10.2 Å². The molecule has 0 unspecified atom stereocenters. The van der Waals surface area contributed by atoms with Crippen molar-refractivity contribution in [2.45, 2.75) is 0 Å². The van der Waals surface area contributed by atoms with Crippen LogP contribution >= 0.6 is 34.5 Å². The maximum absolute atomic E-state index is 11.7. The molecule has 0 spiro atoms. The molecule has 0 radical (unpaired) electrons. The molecular formula is C14H10Cl2N4O2S. The summed E-state index contributed by atoms with van der Waals surface area (Å²) in [6, 6.07) is 6.91. The van der Waals surface area contributed by atoms with Crippen molar-refractivity contribution in [1.29, 1.82) is 0 Å². The van der Waals surface area contributed by atoms with Crippen molar-refractivity contribution < 1.29 is 9.53 Å². The van der Waals surface area contributed by atoms with Gasteiger partial charge in [0.15, 0.2) is 16.7 Å². The molecule has 0 saturated heterocycles. The Hall–Kier alpha value is -2.09. The number of thiazole rings is 1. The maximum Gasteiger partial charge on any atom is 0.277 e. The van der Waals surface area contributed by atoms with Crippen LogP contribution in [0.5, 0.6) is 5.75 Å². The fourth-order valence-corrected chi connectivity index (χ4v) is 2.98. The summed E-state index contributed by atoms with van der Waals surface area (Å²) in [6.07, 6.45) is 3.25. The van der Waals surface area contributed by atoms with Gasteiger partial charge in [-0.15, -0.1) is 11.3 Å². The molecule has 118 valence electrons. The van der Waals surface area contributed by atoms with E-state index in [0.29, 0.717) is 21.6 Å². The SMILES string of the molecule is O=C(COc1ccccc1Cl)N/N=C/c1c(Cl)nc2sccn12. The van der Waals surface area contributed by atoms with Gasteiger partial charge in [-0.05, 0) is 12.1 Å². The fraction of sp³-hybridized carbons (Fsp3) is 0.0714. The number of hydrogen-bond acceptors (Lipinski definition) is 5. The maximum atomic E-state index is 11.7. The number of benzene rings is 1. The number of fused-ring (bicyclic) bond motifs is 1. The minimum Gasteiger partial charge on any atom is -0.482 e. The summed E-state index contributed by atoms with van der Waals surface area (Å²) in [4.78, 5) is 16.6. The van der Waals surface area contributed by atoms with E-state index in [1.54, 1.807) is 28.7 Å². The molecule has 1 N–H and O–H groups in total. The van der Waals surface area contributed by atoms with Crippen molar-refractivity contribution in [2.75, 3.05) is 6.61 Å². The Balaban J connectivity index is 1.57. The second kappa shape index (κ2) is 6.99. The summed E-state index contributed by atoms with van der Waals surface area (Å²) in [6.45, 7) is -0.199. The van der Waals surface area contributed by atoms with E-state index in [4.69, 9.17) is 27.9 Å². The Kier molecular flexibility index (Phi) is 4.80. The van der Waals surface area contributed by atoms with E-state index in [-0.39, 0.29) is 6.61 Å². The van der Waals surface area contributed by atoms with Crippen LogP contribution in [0.15, 0.2) is 40.9 Å². The molecule has 2 aromatic heterocycles. The van der Waals surface area contributed by atoms with Gasteiger partial charge in [0.2, 0.25) is 0 Å². The molecule has 23 heavy (non-hydrogen) atoms. The Morgan fingerprint density at radius 2 is 2.26 bits per heavy atom. The summed E-state index contributed by atoms with van der Waals surface area (Å²) < 4.78 is 7.09. The zero-order chi connectivity index (χ0) is 16.2. The molecular weight excluding hydrogens is 359 g/mol. The van der Waals surface area contributed by atoms with Gasteiger partial charge in [0.1, 0.15) is 11.4 Å². The van der Waals surface area contributed by atoms with Crippen molar-refractivity contribution >= 4 is 51.6 Å². The highest BCUT2D eigenvalue weighted by atomic mass is 35.5. The van der Waals surface area contributed by atoms with Crippen LogP contribution in [0.2, 0.25) is 10.2 Å². The standard InChI is InChI=1S/C14H10Cl2N4O2S/c15-9-3-1-2-4-11(9)22-8-12(21)19-17-7-10-13(16)18-14-20(10)5-6-23-14/h1-7H,8H2,(H,19,21)/b17-7+.